The Labute approximate surface area is 136 Å². The molecule has 1 fully saturated rings. The summed E-state index contributed by atoms with van der Waals surface area (Å²) in [6, 6.07) is 18.1. The molecule has 1 aliphatic heterocycles. The summed E-state index contributed by atoms with van der Waals surface area (Å²) in [5, 5.41) is 0. The summed E-state index contributed by atoms with van der Waals surface area (Å²) in [7, 11) is 0. The number of benzene rings is 2. The summed E-state index contributed by atoms with van der Waals surface area (Å²) >= 11 is 0. The third-order valence-corrected chi connectivity index (χ3v) is 4.16. The van der Waals surface area contributed by atoms with Crippen molar-refractivity contribution in [1.29, 1.82) is 0 Å². The van der Waals surface area contributed by atoms with E-state index in [1.54, 1.807) is 11.8 Å². The molecule has 2 atom stereocenters. The van der Waals surface area contributed by atoms with Crippen LogP contribution in [0.2, 0.25) is 0 Å². The van der Waals surface area contributed by atoms with E-state index in [4.69, 9.17) is 10.5 Å². The molecular weight excluding hydrogens is 288 g/mol. The molecule has 1 aliphatic rings. The summed E-state index contributed by atoms with van der Waals surface area (Å²) in [6.45, 7) is 3.14. The molecule has 1 unspecified atom stereocenters. The van der Waals surface area contributed by atoms with Gasteiger partial charge in [-0.05, 0) is 36.6 Å². The van der Waals surface area contributed by atoms with Crippen molar-refractivity contribution in [2.24, 2.45) is 5.73 Å². The summed E-state index contributed by atoms with van der Waals surface area (Å²) in [6.07, 6.45) is 0.368. The zero-order valence-corrected chi connectivity index (χ0v) is 13.3. The fourth-order valence-electron chi connectivity index (χ4n) is 2.86. The number of carbonyl (C=O) groups excluding carboxylic acids is 1. The Kier molecular flexibility index (Phi) is 4.63. The van der Waals surface area contributed by atoms with E-state index in [9.17, 15) is 4.79 Å². The minimum Gasteiger partial charge on any atom is -0.481 e. The van der Waals surface area contributed by atoms with Crippen molar-refractivity contribution in [3.05, 3.63) is 54.6 Å². The fourth-order valence-corrected chi connectivity index (χ4v) is 2.86. The molecule has 0 radical (unpaired) electrons. The minimum absolute atomic E-state index is 0.00471. The molecule has 0 aromatic heterocycles. The van der Waals surface area contributed by atoms with E-state index in [0.717, 1.165) is 24.1 Å². The molecule has 0 saturated carbocycles. The number of hydrogen-bond acceptors (Lipinski definition) is 3. The van der Waals surface area contributed by atoms with E-state index < -0.39 is 6.10 Å². The zero-order valence-electron chi connectivity index (χ0n) is 13.3. The van der Waals surface area contributed by atoms with Crippen LogP contribution >= 0.6 is 0 Å². The van der Waals surface area contributed by atoms with Gasteiger partial charge in [-0.15, -0.1) is 0 Å². The van der Waals surface area contributed by atoms with E-state index in [0.29, 0.717) is 12.3 Å². The quantitative estimate of drug-likeness (QED) is 0.944. The summed E-state index contributed by atoms with van der Waals surface area (Å²) in [4.78, 5) is 14.1. The first-order valence-corrected chi connectivity index (χ1v) is 8.00. The van der Waals surface area contributed by atoms with Gasteiger partial charge in [0.1, 0.15) is 5.75 Å². The molecule has 4 heteroatoms. The number of likely N-dealkylation sites (tertiary alicyclic amines) is 1. The van der Waals surface area contributed by atoms with E-state index in [1.165, 1.54) is 0 Å². The number of carbonyl (C=O) groups is 1. The largest absolute Gasteiger partial charge is 0.481 e. The molecule has 2 aromatic rings. The molecule has 2 N–H and O–H groups in total. The number of ether oxygens (including phenoxy) is 1. The van der Waals surface area contributed by atoms with Crippen LogP contribution in [-0.4, -0.2) is 36.0 Å². The lowest BCUT2D eigenvalue weighted by atomic mass is 10.1. The van der Waals surface area contributed by atoms with Gasteiger partial charge in [0.05, 0.1) is 0 Å². The first kappa shape index (κ1) is 15.6. The van der Waals surface area contributed by atoms with Gasteiger partial charge in [0.15, 0.2) is 6.10 Å². The van der Waals surface area contributed by atoms with Crippen LogP contribution in [0.15, 0.2) is 54.6 Å². The van der Waals surface area contributed by atoms with Crippen LogP contribution in [0.1, 0.15) is 13.3 Å². The first-order valence-electron chi connectivity index (χ1n) is 8.00. The summed E-state index contributed by atoms with van der Waals surface area (Å²) in [5.74, 6) is 0.708. The van der Waals surface area contributed by atoms with Crippen LogP contribution < -0.4 is 10.5 Å². The van der Waals surface area contributed by atoms with Crippen LogP contribution in [0, 0.1) is 0 Å². The van der Waals surface area contributed by atoms with Crippen molar-refractivity contribution >= 4 is 5.91 Å². The molecule has 3 rings (SSSR count). The standard InChI is InChI=1S/C19H22N2O2/c1-14(19(22)21-12-11-17(20)13-21)23-18-9-7-16(8-10-18)15-5-3-2-4-6-15/h2-10,14,17H,11-13,20H2,1H3/t14?,17-/m1/s1. The van der Waals surface area contributed by atoms with E-state index in [-0.39, 0.29) is 11.9 Å². The monoisotopic (exact) mass is 310 g/mol. The van der Waals surface area contributed by atoms with Crippen LogP contribution in [0.25, 0.3) is 11.1 Å². The Morgan fingerprint density at radius 3 is 2.39 bits per heavy atom. The number of nitrogens with two attached hydrogens (primary N) is 1. The van der Waals surface area contributed by atoms with E-state index >= 15 is 0 Å². The lowest BCUT2D eigenvalue weighted by Crippen LogP contribution is -2.40. The normalized spacial score (nSPS) is 18.7. The second-order valence-electron chi connectivity index (χ2n) is 5.98. The third kappa shape index (κ3) is 3.71. The molecule has 4 nitrogen and oxygen atoms in total. The number of hydrogen-bond donors (Lipinski definition) is 1. The van der Waals surface area contributed by atoms with Crippen LogP contribution in [0.3, 0.4) is 0 Å². The second kappa shape index (κ2) is 6.84. The average Bonchev–Trinajstić information content (AvgIpc) is 3.02. The smallest absolute Gasteiger partial charge is 0.263 e. The lowest BCUT2D eigenvalue weighted by Gasteiger charge is -2.21. The molecule has 1 amide bonds. The molecular formula is C19H22N2O2. The predicted octanol–water partition coefficient (Wildman–Crippen LogP) is 2.68. The van der Waals surface area contributed by atoms with Crippen molar-refractivity contribution in [3.8, 4) is 16.9 Å². The van der Waals surface area contributed by atoms with Gasteiger partial charge in [0.25, 0.3) is 5.91 Å². The van der Waals surface area contributed by atoms with E-state index in [2.05, 4.69) is 12.1 Å². The second-order valence-corrected chi connectivity index (χ2v) is 5.98. The summed E-state index contributed by atoms with van der Waals surface area (Å²) < 4.78 is 5.78. The van der Waals surface area contributed by atoms with Crippen LogP contribution in [-0.2, 0) is 4.79 Å². The number of nitrogens with zero attached hydrogens (tertiary/aromatic N) is 1. The van der Waals surface area contributed by atoms with Gasteiger partial charge >= 0.3 is 0 Å². The molecule has 0 spiro atoms. The van der Waals surface area contributed by atoms with Gasteiger partial charge < -0.3 is 15.4 Å². The zero-order chi connectivity index (χ0) is 16.2. The lowest BCUT2D eigenvalue weighted by molar-refractivity contribution is -0.136. The molecule has 0 aliphatic carbocycles. The van der Waals surface area contributed by atoms with Crippen LogP contribution in [0.4, 0.5) is 0 Å². The number of amides is 1. The number of rotatable bonds is 4. The predicted molar refractivity (Wildman–Crippen MR) is 91.1 cm³/mol. The fraction of sp³-hybridized carbons (Fsp3) is 0.316. The van der Waals surface area contributed by atoms with Crippen molar-refractivity contribution in [2.45, 2.75) is 25.5 Å². The molecule has 120 valence electrons. The van der Waals surface area contributed by atoms with Crippen molar-refractivity contribution in [1.82, 2.24) is 4.90 Å². The molecule has 0 bridgehead atoms. The Balaban J connectivity index is 1.63. The highest BCUT2D eigenvalue weighted by atomic mass is 16.5. The van der Waals surface area contributed by atoms with Gasteiger partial charge in [0, 0.05) is 19.1 Å². The molecule has 1 heterocycles. The summed E-state index contributed by atoms with van der Waals surface area (Å²) in [5.41, 5.74) is 8.14. The van der Waals surface area contributed by atoms with Gasteiger partial charge in [-0.25, -0.2) is 0 Å². The van der Waals surface area contributed by atoms with Gasteiger partial charge in [0.2, 0.25) is 0 Å². The maximum atomic E-state index is 12.3. The van der Waals surface area contributed by atoms with Gasteiger partial charge in [-0.2, -0.15) is 0 Å². The Morgan fingerprint density at radius 1 is 1.13 bits per heavy atom. The molecule has 23 heavy (non-hydrogen) atoms. The van der Waals surface area contributed by atoms with Crippen LogP contribution in [0.5, 0.6) is 5.75 Å². The highest BCUT2D eigenvalue weighted by molar-refractivity contribution is 5.81. The van der Waals surface area contributed by atoms with Crippen molar-refractivity contribution < 1.29 is 9.53 Å². The first-order chi connectivity index (χ1) is 11.1. The van der Waals surface area contributed by atoms with Crippen molar-refractivity contribution in [3.63, 3.8) is 0 Å². The topological polar surface area (TPSA) is 55.6 Å². The van der Waals surface area contributed by atoms with Gasteiger partial charge in [-0.1, -0.05) is 42.5 Å². The Bertz CT molecular complexity index is 655. The maximum Gasteiger partial charge on any atom is 0.263 e. The third-order valence-electron chi connectivity index (χ3n) is 4.16. The Hall–Kier alpha value is -2.33. The SMILES string of the molecule is CC(Oc1ccc(-c2ccccc2)cc1)C(=O)N1CC[C@@H](N)C1. The molecule has 1 saturated heterocycles. The van der Waals surface area contributed by atoms with Gasteiger partial charge in [-0.3, -0.25) is 4.79 Å². The highest BCUT2D eigenvalue weighted by Gasteiger charge is 2.28. The minimum atomic E-state index is -0.497. The van der Waals surface area contributed by atoms with Crippen molar-refractivity contribution in [2.75, 3.05) is 13.1 Å². The Morgan fingerprint density at radius 2 is 1.78 bits per heavy atom. The maximum absolute atomic E-state index is 12.3. The highest BCUT2D eigenvalue weighted by Crippen LogP contribution is 2.23. The average molecular weight is 310 g/mol. The van der Waals surface area contributed by atoms with E-state index in [1.807, 2.05) is 42.5 Å². The molecule has 2 aromatic carbocycles.